The van der Waals surface area contributed by atoms with Gasteiger partial charge in [-0.05, 0) is 19.1 Å². The highest BCUT2D eigenvalue weighted by atomic mass is 16.4. The fourth-order valence-corrected chi connectivity index (χ4v) is 2.00. The van der Waals surface area contributed by atoms with Gasteiger partial charge in [0.05, 0.1) is 12.3 Å². The van der Waals surface area contributed by atoms with E-state index in [2.05, 4.69) is 10.2 Å². The first-order chi connectivity index (χ1) is 7.68. The van der Waals surface area contributed by atoms with Gasteiger partial charge in [0.15, 0.2) is 0 Å². The molecule has 2 unspecified atom stereocenters. The Morgan fingerprint density at radius 1 is 1.75 bits per heavy atom. The van der Waals surface area contributed by atoms with E-state index in [4.69, 9.17) is 9.52 Å². The number of rotatable bonds is 3. The molecule has 0 spiro atoms. The van der Waals surface area contributed by atoms with Gasteiger partial charge in [-0.25, -0.2) is 0 Å². The van der Waals surface area contributed by atoms with Crippen molar-refractivity contribution in [3.63, 3.8) is 0 Å². The summed E-state index contributed by atoms with van der Waals surface area (Å²) in [6, 6.07) is 3.41. The smallest absolute Gasteiger partial charge is 0.322 e. The summed E-state index contributed by atoms with van der Waals surface area (Å²) in [6.07, 6.45) is 1.64. The van der Waals surface area contributed by atoms with Crippen molar-refractivity contribution in [2.75, 3.05) is 19.6 Å². The number of piperazine rings is 1. The van der Waals surface area contributed by atoms with E-state index in [9.17, 15) is 4.79 Å². The van der Waals surface area contributed by atoms with Gasteiger partial charge in [-0.3, -0.25) is 9.69 Å². The molecule has 0 saturated carbocycles. The summed E-state index contributed by atoms with van der Waals surface area (Å²) in [4.78, 5) is 13.0. The molecule has 2 N–H and O–H groups in total. The lowest BCUT2D eigenvalue weighted by Crippen LogP contribution is -2.54. The average molecular weight is 224 g/mol. The topological polar surface area (TPSA) is 65.7 Å². The van der Waals surface area contributed by atoms with Crippen LogP contribution in [0.25, 0.3) is 0 Å². The van der Waals surface area contributed by atoms with Crippen molar-refractivity contribution >= 4 is 5.97 Å². The Labute approximate surface area is 94.0 Å². The van der Waals surface area contributed by atoms with Crippen LogP contribution in [0.5, 0.6) is 0 Å². The molecule has 88 valence electrons. The van der Waals surface area contributed by atoms with Crippen molar-refractivity contribution in [3.8, 4) is 0 Å². The molecule has 5 nitrogen and oxygen atoms in total. The van der Waals surface area contributed by atoms with E-state index in [-0.39, 0.29) is 6.04 Å². The van der Waals surface area contributed by atoms with Crippen LogP contribution in [0.4, 0.5) is 0 Å². The van der Waals surface area contributed by atoms with Crippen molar-refractivity contribution in [2.45, 2.75) is 19.0 Å². The summed E-state index contributed by atoms with van der Waals surface area (Å²) in [6.45, 7) is 4.08. The number of furan rings is 1. The molecule has 1 fully saturated rings. The maximum absolute atomic E-state index is 10.9. The SMILES string of the molecule is CC(c1ccco1)N1CCNC(C(=O)O)C1. The van der Waals surface area contributed by atoms with Crippen LogP contribution in [0.15, 0.2) is 22.8 Å². The minimum Gasteiger partial charge on any atom is -0.480 e. The quantitative estimate of drug-likeness (QED) is 0.791. The molecule has 1 saturated heterocycles. The molecule has 5 heteroatoms. The summed E-state index contributed by atoms with van der Waals surface area (Å²) in [5.74, 6) is 0.0855. The molecule has 1 aliphatic rings. The lowest BCUT2D eigenvalue weighted by molar-refractivity contribution is -0.141. The molecule has 1 aliphatic heterocycles. The first-order valence-electron chi connectivity index (χ1n) is 5.42. The van der Waals surface area contributed by atoms with Crippen molar-refractivity contribution in [2.24, 2.45) is 0 Å². The predicted molar refractivity (Wildman–Crippen MR) is 58.1 cm³/mol. The van der Waals surface area contributed by atoms with Gasteiger partial charge >= 0.3 is 5.97 Å². The third-order valence-corrected chi connectivity index (χ3v) is 3.01. The molecule has 0 radical (unpaired) electrons. The normalized spacial score (nSPS) is 24.2. The van der Waals surface area contributed by atoms with Crippen LogP contribution in [0, 0.1) is 0 Å². The first-order valence-corrected chi connectivity index (χ1v) is 5.42. The van der Waals surface area contributed by atoms with Gasteiger partial charge in [-0.15, -0.1) is 0 Å². The second kappa shape index (κ2) is 4.67. The average Bonchev–Trinajstić information content (AvgIpc) is 2.81. The van der Waals surface area contributed by atoms with Crippen LogP contribution in [0.3, 0.4) is 0 Å². The van der Waals surface area contributed by atoms with Gasteiger partial charge in [-0.2, -0.15) is 0 Å². The Balaban J connectivity index is 2.01. The Kier molecular flexibility index (Phi) is 3.26. The van der Waals surface area contributed by atoms with E-state index in [1.54, 1.807) is 6.26 Å². The van der Waals surface area contributed by atoms with E-state index in [1.807, 2.05) is 19.1 Å². The molecule has 1 aromatic heterocycles. The van der Waals surface area contributed by atoms with Crippen molar-refractivity contribution in [3.05, 3.63) is 24.2 Å². The number of hydrogen-bond acceptors (Lipinski definition) is 4. The van der Waals surface area contributed by atoms with Crippen LogP contribution in [-0.4, -0.2) is 41.7 Å². The molecule has 2 atom stereocenters. The van der Waals surface area contributed by atoms with E-state index in [0.717, 1.165) is 12.3 Å². The molecular formula is C11H16N2O3. The molecule has 0 amide bonds. The molecular weight excluding hydrogens is 208 g/mol. The minimum absolute atomic E-state index is 0.124. The Morgan fingerprint density at radius 2 is 2.56 bits per heavy atom. The lowest BCUT2D eigenvalue weighted by atomic mass is 10.1. The molecule has 2 rings (SSSR count). The largest absolute Gasteiger partial charge is 0.480 e. The van der Waals surface area contributed by atoms with Gasteiger partial charge in [0.2, 0.25) is 0 Å². The number of carboxylic acids is 1. The predicted octanol–water partition coefficient (Wildman–Crippen LogP) is 0.699. The fourth-order valence-electron chi connectivity index (χ4n) is 2.00. The second-order valence-corrected chi connectivity index (χ2v) is 4.03. The number of carboxylic acid groups (broad SMARTS) is 1. The van der Waals surface area contributed by atoms with Gasteiger partial charge in [0.25, 0.3) is 0 Å². The van der Waals surface area contributed by atoms with Gasteiger partial charge in [0, 0.05) is 19.6 Å². The first kappa shape index (κ1) is 11.2. The minimum atomic E-state index is -0.795. The molecule has 1 aromatic rings. The van der Waals surface area contributed by atoms with Crippen LogP contribution >= 0.6 is 0 Å². The summed E-state index contributed by atoms with van der Waals surface area (Å²) < 4.78 is 5.33. The van der Waals surface area contributed by atoms with Gasteiger partial charge in [0.1, 0.15) is 11.8 Å². The summed E-state index contributed by atoms with van der Waals surface area (Å²) in [5, 5.41) is 11.9. The fraction of sp³-hybridized carbons (Fsp3) is 0.545. The molecule has 0 bridgehead atoms. The van der Waals surface area contributed by atoms with Crippen LogP contribution in [0.1, 0.15) is 18.7 Å². The van der Waals surface area contributed by atoms with E-state index >= 15 is 0 Å². The Morgan fingerprint density at radius 3 is 3.19 bits per heavy atom. The monoisotopic (exact) mass is 224 g/mol. The number of hydrogen-bond donors (Lipinski definition) is 2. The summed E-state index contributed by atoms with van der Waals surface area (Å²) >= 11 is 0. The highest BCUT2D eigenvalue weighted by molar-refractivity contribution is 5.73. The van der Waals surface area contributed by atoms with E-state index < -0.39 is 12.0 Å². The zero-order valence-corrected chi connectivity index (χ0v) is 9.22. The highest BCUT2D eigenvalue weighted by Crippen LogP contribution is 2.21. The van der Waals surface area contributed by atoms with Gasteiger partial charge < -0.3 is 14.8 Å². The van der Waals surface area contributed by atoms with Crippen molar-refractivity contribution < 1.29 is 14.3 Å². The van der Waals surface area contributed by atoms with Crippen LogP contribution in [-0.2, 0) is 4.79 Å². The third kappa shape index (κ3) is 2.25. The molecule has 2 heterocycles. The molecule has 0 aromatic carbocycles. The Bertz CT molecular complexity index is 350. The van der Waals surface area contributed by atoms with Gasteiger partial charge in [-0.1, -0.05) is 0 Å². The highest BCUT2D eigenvalue weighted by Gasteiger charge is 2.28. The number of nitrogens with zero attached hydrogens (tertiary/aromatic N) is 1. The summed E-state index contributed by atoms with van der Waals surface area (Å²) in [5.41, 5.74) is 0. The molecule has 0 aliphatic carbocycles. The van der Waals surface area contributed by atoms with Crippen molar-refractivity contribution in [1.29, 1.82) is 0 Å². The lowest BCUT2D eigenvalue weighted by Gasteiger charge is -2.34. The van der Waals surface area contributed by atoms with Crippen LogP contribution in [0.2, 0.25) is 0 Å². The zero-order valence-electron chi connectivity index (χ0n) is 9.22. The number of aliphatic carboxylic acids is 1. The van der Waals surface area contributed by atoms with Crippen LogP contribution < -0.4 is 5.32 Å². The van der Waals surface area contributed by atoms with E-state index in [0.29, 0.717) is 13.1 Å². The number of carbonyl (C=O) groups is 1. The molecule has 16 heavy (non-hydrogen) atoms. The zero-order chi connectivity index (χ0) is 11.5. The standard InChI is InChI=1S/C11H16N2O3/c1-8(10-3-2-6-16-10)13-5-4-12-9(7-13)11(14)15/h2-3,6,8-9,12H,4-5,7H2,1H3,(H,14,15). The number of nitrogens with one attached hydrogen (secondary N) is 1. The Hall–Kier alpha value is -1.33. The summed E-state index contributed by atoms with van der Waals surface area (Å²) in [7, 11) is 0. The maximum atomic E-state index is 10.9. The van der Waals surface area contributed by atoms with Crippen molar-refractivity contribution in [1.82, 2.24) is 10.2 Å². The van der Waals surface area contributed by atoms with E-state index in [1.165, 1.54) is 0 Å². The maximum Gasteiger partial charge on any atom is 0.322 e. The third-order valence-electron chi connectivity index (χ3n) is 3.01. The second-order valence-electron chi connectivity index (χ2n) is 4.03.